The van der Waals surface area contributed by atoms with Crippen LogP contribution in [0.5, 0.6) is 0 Å². The number of amides is 1. The number of aromatic nitrogens is 1. The quantitative estimate of drug-likeness (QED) is 0.254. The molecule has 1 aromatic rings. The van der Waals surface area contributed by atoms with E-state index in [0.717, 1.165) is 16.5 Å². The number of carbonyl (C=O) groups excluding carboxylic acids is 1. The Labute approximate surface area is 84.9 Å². The van der Waals surface area contributed by atoms with Crippen LogP contribution < -0.4 is 11.3 Å². The van der Waals surface area contributed by atoms with Gasteiger partial charge in [0.1, 0.15) is 4.34 Å². The fourth-order valence-electron chi connectivity index (χ4n) is 0.746. The summed E-state index contributed by atoms with van der Waals surface area (Å²) in [5.41, 5.74) is 2.10. The van der Waals surface area contributed by atoms with Gasteiger partial charge in [-0.3, -0.25) is 10.2 Å². The van der Waals surface area contributed by atoms with E-state index >= 15 is 0 Å². The Morgan fingerprint density at radius 1 is 1.77 bits per heavy atom. The van der Waals surface area contributed by atoms with Crippen molar-refractivity contribution in [2.24, 2.45) is 5.84 Å². The van der Waals surface area contributed by atoms with Crippen LogP contribution in [-0.4, -0.2) is 16.6 Å². The smallest absolute Gasteiger partial charge is 0.233 e. The van der Waals surface area contributed by atoms with Crippen molar-refractivity contribution in [1.29, 1.82) is 0 Å². The third kappa shape index (κ3) is 4.25. The molecule has 1 heterocycles. The molecular weight excluding hydrogens is 206 g/mol. The number of hydrogen-bond donors (Lipinski definition) is 2. The van der Waals surface area contributed by atoms with Gasteiger partial charge in [0.25, 0.3) is 0 Å². The Hall–Kier alpha value is -0.590. The molecule has 0 saturated carbocycles. The maximum Gasteiger partial charge on any atom is 0.233 e. The first-order valence-corrected chi connectivity index (χ1v) is 5.71. The third-order valence-electron chi connectivity index (χ3n) is 1.34. The molecule has 0 bridgehead atoms. The SMILES string of the molecule is NNC(=O)CCCSc1nccs1. The van der Waals surface area contributed by atoms with Gasteiger partial charge in [-0.1, -0.05) is 11.8 Å². The largest absolute Gasteiger partial charge is 0.294 e. The molecular formula is C7H11N3OS2. The maximum atomic E-state index is 10.7. The summed E-state index contributed by atoms with van der Waals surface area (Å²) < 4.78 is 1.05. The summed E-state index contributed by atoms with van der Waals surface area (Å²) in [5, 5.41) is 1.94. The average molecular weight is 217 g/mol. The highest BCUT2D eigenvalue weighted by Crippen LogP contribution is 2.20. The van der Waals surface area contributed by atoms with E-state index in [1.165, 1.54) is 0 Å². The predicted molar refractivity (Wildman–Crippen MR) is 54.4 cm³/mol. The maximum absolute atomic E-state index is 10.7. The summed E-state index contributed by atoms with van der Waals surface area (Å²) in [4.78, 5) is 14.8. The van der Waals surface area contributed by atoms with Crippen molar-refractivity contribution in [3.63, 3.8) is 0 Å². The minimum atomic E-state index is -0.111. The third-order valence-corrected chi connectivity index (χ3v) is 3.40. The second kappa shape index (κ2) is 5.95. The van der Waals surface area contributed by atoms with Gasteiger partial charge < -0.3 is 0 Å². The van der Waals surface area contributed by atoms with Crippen LogP contribution in [0.2, 0.25) is 0 Å². The van der Waals surface area contributed by atoms with Gasteiger partial charge in [-0.15, -0.1) is 11.3 Å². The van der Waals surface area contributed by atoms with Crippen molar-refractivity contribution in [3.05, 3.63) is 11.6 Å². The lowest BCUT2D eigenvalue weighted by molar-refractivity contribution is -0.121. The average Bonchev–Trinajstić information content (AvgIpc) is 2.64. The lowest BCUT2D eigenvalue weighted by atomic mass is 10.3. The van der Waals surface area contributed by atoms with Crippen molar-refractivity contribution in [3.8, 4) is 0 Å². The molecule has 4 nitrogen and oxygen atoms in total. The van der Waals surface area contributed by atoms with Crippen LogP contribution in [0.15, 0.2) is 15.9 Å². The van der Waals surface area contributed by atoms with Gasteiger partial charge in [0.2, 0.25) is 5.91 Å². The standard InChI is InChI=1S/C7H11N3OS2/c8-10-6(11)2-1-4-12-7-9-3-5-13-7/h3,5H,1-2,4,8H2,(H,10,11). The van der Waals surface area contributed by atoms with Crippen molar-refractivity contribution in [1.82, 2.24) is 10.4 Å². The molecule has 0 aliphatic carbocycles. The number of carbonyl (C=O) groups is 1. The van der Waals surface area contributed by atoms with E-state index in [4.69, 9.17) is 5.84 Å². The number of rotatable bonds is 5. The monoisotopic (exact) mass is 217 g/mol. The van der Waals surface area contributed by atoms with E-state index < -0.39 is 0 Å². The number of thioether (sulfide) groups is 1. The fraction of sp³-hybridized carbons (Fsp3) is 0.429. The number of nitrogens with zero attached hydrogens (tertiary/aromatic N) is 1. The number of hydrazine groups is 1. The van der Waals surface area contributed by atoms with Crippen LogP contribution in [0.25, 0.3) is 0 Å². The summed E-state index contributed by atoms with van der Waals surface area (Å²) in [6, 6.07) is 0. The zero-order chi connectivity index (χ0) is 9.52. The molecule has 13 heavy (non-hydrogen) atoms. The molecule has 0 unspecified atom stereocenters. The number of thiazole rings is 1. The summed E-state index contributed by atoms with van der Waals surface area (Å²) >= 11 is 3.28. The van der Waals surface area contributed by atoms with Crippen LogP contribution in [0.4, 0.5) is 0 Å². The molecule has 0 aromatic carbocycles. The number of hydrogen-bond acceptors (Lipinski definition) is 5. The van der Waals surface area contributed by atoms with Gasteiger partial charge in [-0.25, -0.2) is 10.8 Å². The Morgan fingerprint density at radius 2 is 2.62 bits per heavy atom. The summed E-state index contributed by atoms with van der Waals surface area (Å²) in [6.45, 7) is 0. The Bertz CT molecular complexity index is 250. The first-order valence-electron chi connectivity index (χ1n) is 3.84. The van der Waals surface area contributed by atoms with E-state index in [0.29, 0.717) is 6.42 Å². The lowest BCUT2D eigenvalue weighted by Gasteiger charge is -1.97. The lowest BCUT2D eigenvalue weighted by Crippen LogP contribution is -2.29. The second-order valence-corrected chi connectivity index (χ2v) is 4.55. The Morgan fingerprint density at radius 3 is 3.23 bits per heavy atom. The summed E-state index contributed by atoms with van der Waals surface area (Å²) in [5.74, 6) is 5.72. The zero-order valence-electron chi connectivity index (χ0n) is 7.03. The van der Waals surface area contributed by atoms with Crippen LogP contribution in [-0.2, 0) is 4.79 Å². The number of nitrogens with one attached hydrogen (secondary N) is 1. The highest BCUT2D eigenvalue weighted by atomic mass is 32.2. The van der Waals surface area contributed by atoms with Gasteiger partial charge in [-0.2, -0.15) is 0 Å². The normalized spacial score (nSPS) is 9.92. The molecule has 3 N–H and O–H groups in total. The molecule has 0 atom stereocenters. The van der Waals surface area contributed by atoms with Crippen LogP contribution >= 0.6 is 23.1 Å². The fourth-order valence-corrected chi connectivity index (χ4v) is 2.39. The molecule has 0 aliphatic rings. The molecule has 0 spiro atoms. The van der Waals surface area contributed by atoms with Crippen LogP contribution in [0, 0.1) is 0 Å². The molecule has 0 radical (unpaired) electrons. The van der Waals surface area contributed by atoms with Crippen molar-refractivity contribution in [2.45, 2.75) is 17.2 Å². The van der Waals surface area contributed by atoms with Crippen LogP contribution in [0.1, 0.15) is 12.8 Å². The first kappa shape index (κ1) is 10.5. The van der Waals surface area contributed by atoms with Gasteiger partial charge in [-0.05, 0) is 6.42 Å². The van der Waals surface area contributed by atoms with Crippen molar-refractivity contribution >= 4 is 29.0 Å². The predicted octanol–water partition coefficient (Wildman–Crippen LogP) is 1.01. The van der Waals surface area contributed by atoms with E-state index in [-0.39, 0.29) is 5.91 Å². The Kier molecular flexibility index (Phi) is 4.81. The van der Waals surface area contributed by atoms with E-state index in [1.807, 2.05) is 5.38 Å². The molecule has 1 amide bonds. The van der Waals surface area contributed by atoms with Gasteiger partial charge >= 0.3 is 0 Å². The first-order chi connectivity index (χ1) is 6.33. The minimum absolute atomic E-state index is 0.111. The molecule has 1 rings (SSSR count). The number of nitrogens with two attached hydrogens (primary N) is 1. The highest BCUT2D eigenvalue weighted by molar-refractivity contribution is 8.00. The topological polar surface area (TPSA) is 68.0 Å². The van der Waals surface area contributed by atoms with Crippen LogP contribution in [0.3, 0.4) is 0 Å². The molecule has 72 valence electrons. The highest BCUT2D eigenvalue weighted by Gasteiger charge is 1.99. The van der Waals surface area contributed by atoms with Gasteiger partial charge in [0.15, 0.2) is 0 Å². The van der Waals surface area contributed by atoms with Gasteiger partial charge in [0.05, 0.1) is 0 Å². The van der Waals surface area contributed by atoms with Crippen molar-refractivity contribution < 1.29 is 4.79 Å². The van der Waals surface area contributed by atoms with E-state index in [1.54, 1.807) is 29.3 Å². The van der Waals surface area contributed by atoms with Gasteiger partial charge in [0, 0.05) is 23.8 Å². The molecule has 6 heteroatoms. The Balaban J connectivity index is 2.05. The van der Waals surface area contributed by atoms with E-state index in [2.05, 4.69) is 10.4 Å². The molecule has 0 fully saturated rings. The zero-order valence-corrected chi connectivity index (χ0v) is 8.66. The second-order valence-electron chi connectivity index (χ2n) is 2.32. The molecule has 0 saturated heterocycles. The molecule has 0 aliphatic heterocycles. The molecule has 1 aromatic heterocycles. The van der Waals surface area contributed by atoms with E-state index in [9.17, 15) is 4.79 Å². The summed E-state index contributed by atoms with van der Waals surface area (Å²) in [7, 11) is 0. The summed E-state index contributed by atoms with van der Waals surface area (Å²) in [6.07, 6.45) is 3.09. The minimum Gasteiger partial charge on any atom is -0.294 e. The van der Waals surface area contributed by atoms with Crippen molar-refractivity contribution in [2.75, 3.05) is 5.75 Å².